The number of halogens is 4. The van der Waals surface area contributed by atoms with Gasteiger partial charge in [-0.25, -0.2) is 9.78 Å². The van der Waals surface area contributed by atoms with Crippen molar-refractivity contribution in [3.05, 3.63) is 33.2 Å². The first-order valence-corrected chi connectivity index (χ1v) is 5.03. The van der Waals surface area contributed by atoms with Crippen molar-refractivity contribution in [2.24, 2.45) is 0 Å². The van der Waals surface area contributed by atoms with Gasteiger partial charge in [0.1, 0.15) is 9.39 Å². The molecule has 86 valence electrons. The molecule has 3 nitrogen and oxygen atoms in total. The fourth-order valence-corrected chi connectivity index (χ4v) is 1.51. The first-order valence-electron chi connectivity index (χ1n) is 3.95. The molecule has 0 radical (unpaired) electrons. The average Bonchev–Trinajstić information content (AvgIpc) is 2.14. The van der Waals surface area contributed by atoms with Gasteiger partial charge in [0, 0.05) is 11.6 Å². The predicted octanol–water partition coefficient (Wildman–Crippen LogP) is 2.80. The summed E-state index contributed by atoms with van der Waals surface area (Å²) >= 11 is 1.62. The maximum atomic E-state index is 12.2. The fourth-order valence-electron chi connectivity index (χ4n) is 0.888. The van der Waals surface area contributed by atoms with Gasteiger partial charge in [-0.1, -0.05) is 6.07 Å². The van der Waals surface area contributed by atoms with Crippen LogP contribution in [0.25, 0.3) is 6.08 Å². The molecular weight excluding hydrogens is 338 g/mol. The molecule has 0 aromatic carbocycles. The van der Waals surface area contributed by atoms with Crippen LogP contribution in [0.1, 0.15) is 11.3 Å². The first kappa shape index (κ1) is 12.9. The second kappa shape index (κ2) is 4.81. The molecule has 1 aromatic heterocycles. The number of alkyl halides is 3. The number of hydrogen-bond donors (Lipinski definition) is 1. The van der Waals surface area contributed by atoms with E-state index in [2.05, 4.69) is 4.98 Å². The lowest BCUT2D eigenvalue weighted by Gasteiger charge is -2.06. The highest BCUT2D eigenvalue weighted by Crippen LogP contribution is 2.28. The summed E-state index contributed by atoms with van der Waals surface area (Å²) in [5.74, 6) is -1.17. The fraction of sp³-hybridized carbons (Fsp3) is 0.111. The van der Waals surface area contributed by atoms with E-state index in [0.717, 1.165) is 12.1 Å². The van der Waals surface area contributed by atoms with Gasteiger partial charge in [0.25, 0.3) is 0 Å². The van der Waals surface area contributed by atoms with Crippen molar-refractivity contribution in [2.75, 3.05) is 0 Å². The number of nitrogens with zero attached hydrogens (tertiary/aromatic N) is 1. The maximum absolute atomic E-state index is 12.2. The molecule has 1 heterocycles. The van der Waals surface area contributed by atoms with Gasteiger partial charge in [0.05, 0.1) is 0 Å². The van der Waals surface area contributed by atoms with Crippen LogP contribution in [0.2, 0.25) is 0 Å². The Kier molecular flexibility index (Phi) is 3.89. The molecule has 0 aliphatic carbocycles. The highest BCUT2D eigenvalue weighted by Gasteiger charge is 2.32. The predicted molar refractivity (Wildman–Crippen MR) is 58.6 cm³/mol. The molecule has 0 amide bonds. The summed E-state index contributed by atoms with van der Waals surface area (Å²) in [6.07, 6.45) is -2.46. The van der Waals surface area contributed by atoms with Crippen LogP contribution in [-0.2, 0) is 11.0 Å². The zero-order valence-corrected chi connectivity index (χ0v) is 9.78. The minimum atomic E-state index is -4.49. The number of aromatic nitrogens is 1. The van der Waals surface area contributed by atoms with Crippen molar-refractivity contribution in [3.8, 4) is 0 Å². The molecule has 16 heavy (non-hydrogen) atoms. The van der Waals surface area contributed by atoms with Crippen LogP contribution in [-0.4, -0.2) is 16.1 Å². The van der Waals surface area contributed by atoms with Crippen molar-refractivity contribution in [2.45, 2.75) is 6.18 Å². The molecule has 0 spiro atoms. The van der Waals surface area contributed by atoms with Crippen LogP contribution in [0, 0.1) is 3.70 Å². The summed E-state index contributed by atoms with van der Waals surface area (Å²) < 4.78 is 36.8. The molecule has 0 bridgehead atoms. The normalized spacial score (nSPS) is 12.0. The van der Waals surface area contributed by atoms with E-state index in [1.807, 2.05) is 0 Å². The van der Waals surface area contributed by atoms with Crippen molar-refractivity contribution >= 4 is 34.6 Å². The topological polar surface area (TPSA) is 50.2 Å². The molecular formula is C9H5F3INO2. The second-order valence-electron chi connectivity index (χ2n) is 2.75. The number of rotatable bonds is 2. The molecule has 1 N–H and O–H groups in total. The van der Waals surface area contributed by atoms with Crippen molar-refractivity contribution in [1.82, 2.24) is 4.98 Å². The quantitative estimate of drug-likeness (QED) is 0.510. The molecule has 0 unspecified atom stereocenters. The highest BCUT2D eigenvalue weighted by atomic mass is 127. The standard InChI is InChI=1S/C9H5F3INO2/c10-9(11,12)6-3-1-5(8(13)14-6)2-4-7(15)16/h1-4H,(H,15,16)/b4-2+. The third kappa shape index (κ3) is 3.47. The summed E-state index contributed by atoms with van der Waals surface area (Å²) in [6.45, 7) is 0. The molecule has 0 aliphatic rings. The molecule has 0 fully saturated rings. The molecule has 0 saturated heterocycles. The van der Waals surface area contributed by atoms with Crippen molar-refractivity contribution in [1.29, 1.82) is 0 Å². The van der Waals surface area contributed by atoms with Gasteiger partial charge < -0.3 is 5.11 Å². The maximum Gasteiger partial charge on any atom is 0.433 e. The molecule has 7 heteroatoms. The minimum absolute atomic E-state index is 0.102. The number of hydrogen-bond acceptors (Lipinski definition) is 2. The lowest BCUT2D eigenvalue weighted by Crippen LogP contribution is -2.09. The SMILES string of the molecule is O=C(O)/C=C/c1ccc(C(F)(F)F)nc1I. The molecule has 1 aromatic rings. The number of carbonyl (C=O) groups is 1. The summed E-state index contributed by atoms with van der Waals surface area (Å²) in [5.41, 5.74) is -0.666. The third-order valence-corrected chi connectivity index (χ3v) is 2.44. The van der Waals surface area contributed by atoms with E-state index in [1.165, 1.54) is 12.1 Å². The van der Waals surface area contributed by atoms with Gasteiger partial charge in [0.15, 0.2) is 0 Å². The number of carboxylic acids is 1. The first-order chi connectivity index (χ1) is 7.30. The minimum Gasteiger partial charge on any atom is -0.478 e. The van der Waals surface area contributed by atoms with Crippen LogP contribution in [0.5, 0.6) is 0 Å². The number of pyridine rings is 1. The Morgan fingerprint density at radius 3 is 2.50 bits per heavy atom. The Morgan fingerprint density at radius 2 is 2.06 bits per heavy atom. The average molecular weight is 343 g/mol. The largest absolute Gasteiger partial charge is 0.478 e. The van der Waals surface area contributed by atoms with E-state index in [1.54, 1.807) is 22.6 Å². The van der Waals surface area contributed by atoms with Gasteiger partial charge in [-0.15, -0.1) is 0 Å². The summed E-state index contributed by atoms with van der Waals surface area (Å²) in [7, 11) is 0. The van der Waals surface area contributed by atoms with E-state index >= 15 is 0 Å². The zero-order valence-electron chi connectivity index (χ0n) is 7.62. The van der Waals surface area contributed by atoms with Gasteiger partial charge in [-0.05, 0) is 34.7 Å². The summed E-state index contributed by atoms with van der Waals surface area (Å²) in [6, 6.07) is 1.99. The van der Waals surface area contributed by atoms with Gasteiger partial charge in [0.2, 0.25) is 0 Å². The monoisotopic (exact) mass is 343 g/mol. The van der Waals surface area contributed by atoms with Crippen LogP contribution in [0.15, 0.2) is 18.2 Å². The Morgan fingerprint density at radius 1 is 1.44 bits per heavy atom. The third-order valence-electron chi connectivity index (χ3n) is 1.57. The van der Waals surface area contributed by atoms with E-state index in [0.29, 0.717) is 5.56 Å². The lowest BCUT2D eigenvalue weighted by molar-refractivity contribution is -0.141. The van der Waals surface area contributed by atoms with Gasteiger partial charge in [-0.2, -0.15) is 13.2 Å². The highest BCUT2D eigenvalue weighted by molar-refractivity contribution is 14.1. The summed E-state index contributed by atoms with van der Waals surface area (Å²) in [4.78, 5) is 13.6. The Labute approximate surface area is 102 Å². The number of carboxylic acid groups (broad SMARTS) is 1. The van der Waals surface area contributed by atoms with E-state index in [-0.39, 0.29) is 3.70 Å². The molecule has 0 atom stereocenters. The number of aliphatic carboxylic acids is 1. The van der Waals surface area contributed by atoms with Crippen molar-refractivity contribution < 1.29 is 23.1 Å². The van der Waals surface area contributed by atoms with Gasteiger partial charge in [-0.3, -0.25) is 0 Å². The van der Waals surface area contributed by atoms with Gasteiger partial charge >= 0.3 is 12.1 Å². The second-order valence-corrected chi connectivity index (χ2v) is 3.77. The molecule has 0 saturated carbocycles. The Bertz CT molecular complexity index is 443. The van der Waals surface area contributed by atoms with Crippen LogP contribution >= 0.6 is 22.6 Å². The van der Waals surface area contributed by atoms with E-state index < -0.39 is 17.8 Å². The Hall–Kier alpha value is -1.12. The van der Waals surface area contributed by atoms with Crippen LogP contribution in [0.3, 0.4) is 0 Å². The lowest BCUT2D eigenvalue weighted by atomic mass is 10.2. The molecule has 1 rings (SSSR count). The van der Waals surface area contributed by atoms with E-state index in [9.17, 15) is 18.0 Å². The zero-order chi connectivity index (χ0) is 12.3. The van der Waals surface area contributed by atoms with Crippen LogP contribution in [0.4, 0.5) is 13.2 Å². The van der Waals surface area contributed by atoms with Crippen molar-refractivity contribution in [3.63, 3.8) is 0 Å². The summed E-state index contributed by atoms with van der Waals surface area (Å²) in [5, 5.41) is 8.36. The van der Waals surface area contributed by atoms with Crippen LogP contribution < -0.4 is 0 Å². The smallest absolute Gasteiger partial charge is 0.433 e. The van der Waals surface area contributed by atoms with E-state index in [4.69, 9.17) is 5.11 Å². The Balaban J connectivity index is 3.05. The molecule has 0 aliphatic heterocycles.